The third-order valence-electron chi connectivity index (χ3n) is 4.00. The van der Waals surface area contributed by atoms with E-state index in [-0.39, 0.29) is 18.5 Å². The van der Waals surface area contributed by atoms with Crippen molar-refractivity contribution in [1.82, 2.24) is 10.6 Å². The fourth-order valence-electron chi connectivity index (χ4n) is 1.86. The van der Waals surface area contributed by atoms with Crippen LogP contribution in [0.15, 0.2) is 30.3 Å². The number of urea groups is 1. The summed E-state index contributed by atoms with van der Waals surface area (Å²) in [7, 11) is 2.04. The molecule has 0 aliphatic heterocycles. The zero-order valence-corrected chi connectivity index (χ0v) is 14.1. The van der Waals surface area contributed by atoms with Crippen LogP contribution in [0, 0.1) is 5.92 Å². The van der Waals surface area contributed by atoms with E-state index >= 15 is 0 Å². The average Bonchev–Trinajstić information content (AvgIpc) is 2.50. The maximum atomic E-state index is 11.7. The predicted molar refractivity (Wildman–Crippen MR) is 91.2 cm³/mol. The Morgan fingerprint density at radius 1 is 1.27 bits per heavy atom. The van der Waals surface area contributed by atoms with Gasteiger partial charge in [0.05, 0.1) is 5.60 Å². The van der Waals surface area contributed by atoms with Crippen LogP contribution in [0.2, 0.25) is 0 Å². The van der Waals surface area contributed by atoms with E-state index < -0.39 is 5.60 Å². The van der Waals surface area contributed by atoms with E-state index in [2.05, 4.69) is 27.7 Å². The fraction of sp³-hybridized carbons (Fsp3) is 0.588. The van der Waals surface area contributed by atoms with Crippen LogP contribution in [-0.2, 0) is 0 Å². The highest BCUT2D eigenvalue weighted by Crippen LogP contribution is 2.14. The number of amides is 2. The van der Waals surface area contributed by atoms with Gasteiger partial charge in [-0.25, -0.2) is 4.79 Å². The van der Waals surface area contributed by atoms with Gasteiger partial charge in [0.2, 0.25) is 0 Å². The number of carbonyl (C=O) groups excluding carboxylic acids is 1. The number of nitrogens with one attached hydrogen (secondary N) is 2. The van der Waals surface area contributed by atoms with E-state index in [4.69, 9.17) is 0 Å². The molecule has 124 valence electrons. The van der Waals surface area contributed by atoms with Gasteiger partial charge in [0.25, 0.3) is 0 Å². The highest BCUT2D eigenvalue weighted by Gasteiger charge is 2.25. The Bertz CT molecular complexity index is 446. The van der Waals surface area contributed by atoms with E-state index in [0.29, 0.717) is 6.54 Å². The highest BCUT2D eigenvalue weighted by atomic mass is 16.3. The molecule has 1 unspecified atom stereocenters. The molecule has 5 nitrogen and oxygen atoms in total. The number of hydrogen-bond acceptors (Lipinski definition) is 3. The smallest absolute Gasteiger partial charge is 0.314 e. The van der Waals surface area contributed by atoms with Crippen molar-refractivity contribution in [1.29, 1.82) is 0 Å². The van der Waals surface area contributed by atoms with Crippen molar-refractivity contribution in [2.75, 3.05) is 31.6 Å². The lowest BCUT2D eigenvalue weighted by Gasteiger charge is -2.27. The molecule has 0 aromatic heterocycles. The van der Waals surface area contributed by atoms with E-state index in [1.807, 2.05) is 39.1 Å². The third kappa shape index (κ3) is 6.35. The number of rotatable bonds is 8. The van der Waals surface area contributed by atoms with Gasteiger partial charge in [0.15, 0.2) is 0 Å². The molecule has 0 heterocycles. The summed E-state index contributed by atoms with van der Waals surface area (Å²) in [6.45, 7) is 7.31. The molecule has 1 aromatic carbocycles. The lowest BCUT2D eigenvalue weighted by molar-refractivity contribution is 0.0166. The zero-order valence-electron chi connectivity index (χ0n) is 14.1. The van der Waals surface area contributed by atoms with Gasteiger partial charge in [-0.15, -0.1) is 0 Å². The van der Waals surface area contributed by atoms with Crippen molar-refractivity contribution in [2.45, 2.75) is 32.8 Å². The molecule has 2 amide bonds. The summed E-state index contributed by atoms with van der Waals surface area (Å²) < 4.78 is 0. The second kappa shape index (κ2) is 8.63. The number of para-hydroxylation sites is 1. The summed E-state index contributed by atoms with van der Waals surface area (Å²) in [5.74, 6) is 0.0901. The van der Waals surface area contributed by atoms with Gasteiger partial charge in [0, 0.05) is 32.4 Å². The number of aliphatic hydroxyl groups is 1. The molecular weight excluding hydrogens is 278 g/mol. The summed E-state index contributed by atoms with van der Waals surface area (Å²) in [4.78, 5) is 13.8. The van der Waals surface area contributed by atoms with Crippen LogP contribution in [0.5, 0.6) is 0 Å². The quantitative estimate of drug-likeness (QED) is 0.645. The first kappa shape index (κ1) is 18.3. The molecule has 0 saturated heterocycles. The molecular formula is C17H29N3O2. The molecule has 5 heteroatoms. The Kier molecular flexibility index (Phi) is 7.18. The molecule has 0 spiro atoms. The van der Waals surface area contributed by atoms with Crippen molar-refractivity contribution in [2.24, 2.45) is 5.92 Å². The number of hydrogen-bond donors (Lipinski definition) is 3. The molecule has 0 bridgehead atoms. The first-order chi connectivity index (χ1) is 10.3. The van der Waals surface area contributed by atoms with Crippen molar-refractivity contribution in [3.8, 4) is 0 Å². The molecule has 1 rings (SSSR count). The van der Waals surface area contributed by atoms with Crippen LogP contribution in [-0.4, -0.2) is 43.4 Å². The van der Waals surface area contributed by atoms with Crippen molar-refractivity contribution < 1.29 is 9.90 Å². The van der Waals surface area contributed by atoms with Crippen LogP contribution in [0.4, 0.5) is 10.5 Å². The highest BCUT2D eigenvalue weighted by molar-refractivity contribution is 5.73. The Labute approximate surface area is 133 Å². The number of nitrogens with zero attached hydrogens (tertiary/aromatic N) is 1. The molecule has 3 N–H and O–H groups in total. The van der Waals surface area contributed by atoms with Gasteiger partial charge in [-0.2, -0.15) is 0 Å². The van der Waals surface area contributed by atoms with Gasteiger partial charge in [-0.05, 0) is 31.4 Å². The number of carbonyl (C=O) groups is 1. The van der Waals surface area contributed by atoms with Gasteiger partial charge in [-0.3, -0.25) is 0 Å². The van der Waals surface area contributed by atoms with E-state index in [9.17, 15) is 9.90 Å². The molecule has 22 heavy (non-hydrogen) atoms. The molecule has 1 aromatic rings. The normalized spacial score (nSPS) is 13.5. The van der Waals surface area contributed by atoms with Crippen molar-refractivity contribution in [3.05, 3.63) is 30.3 Å². The lowest BCUT2D eigenvalue weighted by atomic mass is 9.93. The van der Waals surface area contributed by atoms with Gasteiger partial charge >= 0.3 is 6.03 Å². The van der Waals surface area contributed by atoms with Crippen molar-refractivity contribution >= 4 is 11.7 Å². The van der Waals surface area contributed by atoms with Crippen LogP contribution in [0.1, 0.15) is 27.2 Å². The maximum absolute atomic E-state index is 11.7. The SMILES string of the molecule is CC(C)C(C)(O)CNC(=O)NCCCN(C)c1ccccc1. The maximum Gasteiger partial charge on any atom is 0.314 e. The zero-order chi connectivity index (χ0) is 16.6. The Morgan fingerprint density at radius 3 is 2.50 bits per heavy atom. The van der Waals surface area contributed by atoms with E-state index in [0.717, 1.165) is 13.0 Å². The fourth-order valence-corrected chi connectivity index (χ4v) is 1.86. The molecule has 0 saturated carbocycles. The van der Waals surface area contributed by atoms with E-state index in [1.165, 1.54) is 5.69 Å². The first-order valence-electron chi connectivity index (χ1n) is 7.83. The monoisotopic (exact) mass is 307 g/mol. The summed E-state index contributed by atoms with van der Waals surface area (Å²) in [6, 6.07) is 9.91. The second-order valence-corrected chi connectivity index (χ2v) is 6.23. The third-order valence-corrected chi connectivity index (χ3v) is 4.00. The molecule has 0 fully saturated rings. The van der Waals surface area contributed by atoms with Crippen LogP contribution >= 0.6 is 0 Å². The predicted octanol–water partition coefficient (Wildman–Crippen LogP) is 2.22. The Hall–Kier alpha value is -1.75. The topological polar surface area (TPSA) is 64.6 Å². The molecule has 1 atom stereocenters. The summed E-state index contributed by atoms with van der Waals surface area (Å²) in [6.07, 6.45) is 0.861. The summed E-state index contributed by atoms with van der Waals surface area (Å²) >= 11 is 0. The van der Waals surface area contributed by atoms with Crippen molar-refractivity contribution in [3.63, 3.8) is 0 Å². The van der Waals surface area contributed by atoms with Crippen LogP contribution in [0.25, 0.3) is 0 Å². The molecule has 0 aliphatic rings. The minimum absolute atomic E-state index is 0.0901. The number of anilines is 1. The molecule has 0 radical (unpaired) electrons. The lowest BCUT2D eigenvalue weighted by Crippen LogP contribution is -2.47. The van der Waals surface area contributed by atoms with Crippen LogP contribution < -0.4 is 15.5 Å². The summed E-state index contributed by atoms with van der Waals surface area (Å²) in [5.41, 5.74) is 0.283. The Morgan fingerprint density at radius 2 is 1.91 bits per heavy atom. The minimum atomic E-state index is -0.884. The van der Waals surface area contributed by atoms with Gasteiger partial charge in [-0.1, -0.05) is 32.0 Å². The first-order valence-corrected chi connectivity index (χ1v) is 7.83. The summed E-state index contributed by atoms with van der Waals surface area (Å²) in [5, 5.41) is 15.6. The van der Waals surface area contributed by atoms with E-state index in [1.54, 1.807) is 6.92 Å². The van der Waals surface area contributed by atoms with Gasteiger partial charge in [0.1, 0.15) is 0 Å². The van der Waals surface area contributed by atoms with Crippen LogP contribution in [0.3, 0.4) is 0 Å². The average molecular weight is 307 g/mol. The second-order valence-electron chi connectivity index (χ2n) is 6.23. The number of benzene rings is 1. The van der Waals surface area contributed by atoms with Gasteiger partial charge < -0.3 is 20.6 Å². The Balaban J connectivity index is 2.18. The minimum Gasteiger partial charge on any atom is -0.388 e. The standard InChI is InChI=1S/C17H29N3O2/c1-14(2)17(3,22)13-19-16(21)18-11-8-12-20(4)15-9-6-5-7-10-15/h5-7,9-10,14,22H,8,11-13H2,1-4H3,(H2,18,19,21). The molecule has 0 aliphatic carbocycles. The largest absolute Gasteiger partial charge is 0.388 e.